The molecule has 0 unspecified atom stereocenters. The summed E-state index contributed by atoms with van der Waals surface area (Å²) in [6.45, 7) is 2.92. The molecule has 25 heavy (non-hydrogen) atoms. The second-order valence-corrected chi connectivity index (χ2v) is 6.69. The molecule has 1 fully saturated rings. The van der Waals surface area contributed by atoms with Gasteiger partial charge in [-0.15, -0.1) is 0 Å². The quantitative estimate of drug-likeness (QED) is 0.906. The van der Waals surface area contributed by atoms with Crippen LogP contribution < -0.4 is 0 Å². The van der Waals surface area contributed by atoms with Gasteiger partial charge >= 0.3 is 5.97 Å². The lowest BCUT2D eigenvalue weighted by molar-refractivity contribution is 0.0684. The number of amides is 1. The number of carboxylic acid groups (broad SMARTS) is 1. The van der Waals surface area contributed by atoms with Gasteiger partial charge in [0.05, 0.1) is 11.3 Å². The number of carbonyl (C=O) groups is 2. The van der Waals surface area contributed by atoms with Crippen molar-refractivity contribution < 1.29 is 14.7 Å². The van der Waals surface area contributed by atoms with Gasteiger partial charge in [-0.25, -0.2) is 9.78 Å². The summed E-state index contributed by atoms with van der Waals surface area (Å²) in [7, 11) is 0. The first-order valence-electron chi connectivity index (χ1n) is 8.21. The van der Waals surface area contributed by atoms with E-state index in [1.807, 2.05) is 24.3 Å². The van der Waals surface area contributed by atoms with Crippen LogP contribution in [0.25, 0.3) is 0 Å². The average molecular weight is 359 g/mol. The molecule has 1 N–H and O–H groups in total. The largest absolute Gasteiger partial charge is 0.478 e. The molecule has 0 atom stereocenters. The number of aromatic carboxylic acids is 1. The van der Waals surface area contributed by atoms with Crippen LogP contribution >= 0.6 is 11.6 Å². The van der Waals surface area contributed by atoms with Crippen LogP contribution in [-0.4, -0.2) is 40.0 Å². The Hall–Kier alpha value is -2.40. The number of rotatable bonds is 3. The van der Waals surface area contributed by atoms with Gasteiger partial charge in [0.15, 0.2) is 0 Å². The average Bonchev–Trinajstić information content (AvgIpc) is 2.61. The normalized spacial score (nSPS) is 15.2. The number of halogens is 1. The van der Waals surface area contributed by atoms with Gasteiger partial charge in [-0.05, 0) is 55.5 Å². The van der Waals surface area contributed by atoms with Gasteiger partial charge in [-0.3, -0.25) is 4.79 Å². The maximum Gasteiger partial charge on any atom is 0.337 e. The number of aromatic nitrogens is 1. The Bertz CT molecular complexity index is 797. The van der Waals surface area contributed by atoms with Crippen molar-refractivity contribution in [2.24, 2.45) is 0 Å². The lowest BCUT2D eigenvalue weighted by Gasteiger charge is -2.32. The highest BCUT2D eigenvalue weighted by molar-refractivity contribution is 6.30. The number of hydrogen-bond acceptors (Lipinski definition) is 3. The van der Waals surface area contributed by atoms with Crippen LogP contribution in [0.1, 0.15) is 50.9 Å². The monoisotopic (exact) mass is 358 g/mol. The van der Waals surface area contributed by atoms with Gasteiger partial charge in [0.1, 0.15) is 5.69 Å². The molecule has 6 heteroatoms. The Morgan fingerprint density at radius 1 is 1.12 bits per heavy atom. The van der Waals surface area contributed by atoms with Crippen LogP contribution in [0.4, 0.5) is 0 Å². The van der Waals surface area contributed by atoms with Gasteiger partial charge in [-0.2, -0.15) is 0 Å². The molecule has 0 bridgehead atoms. The Morgan fingerprint density at radius 2 is 1.76 bits per heavy atom. The highest BCUT2D eigenvalue weighted by Crippen LogP contribution is 2.29. The molecule has 0 radical (unpaired) electrons. The Morgan fingerprint density at radius 3 is 2.32 bits per heavy atom. The van der Waals surface area contributed by atoms with Crippen molar-refractivity contribution in [3.63, 3.8) is 0 Å². The second-order valence-electron chi connectivity index (χ2n) is 6.25. The van der Waals surface area contributed by atoms with E-state index < -0.39 is 5.97 Å². The topological polar surface area (TPSA) is 70.5 Å². The Kier molecular flexibility index (Phi) is 5.04. The van der Waals surface area contributed by atoms with Gasteiger partial charge < -0.3 is 10.0 Å². The lowest BCUT2D eigenvalue weighted by Crippen LogP contribution is -2.38. The summed E-state index contributed by atoms with van der Waals surface area (Å²) in [5.41, 5.74) is 2.02. The van der Waals surface area contributed by atoms with E-state index in [0.29, 0.717) is 30.4 Å². The van der Waals surface area contributed by atoms with Crippen LogP contribution in [0, 0.1) is 6.92 Å². The second kappa shape index (κ2) is 7.23. The van der Waals surface area contributed by atoms with E-state index in [9.17, 15) is 9.59 Å². The van der Waals surface area contributed by atoms with Crippen LogP contribution in [0.15, 0.2) is 36.4 Å². The molecule has 5 nitrogen and oxygen atoms in total. The number of benzene rings is 1. The number of piperidine rings is 1. The van der Waals surface area contributed by atoms with E-state index in [-0.39, 0.29) is 11.5 Å². The molecular formula is C19H19ClN2O3. The molecular weight excluding hydrogens is 340 g/mol. The minimum atomic E-state index is -1.03. The van der Waals surface area contributed by atoms with E-state index >= 15 is 0 Å². The molecule has 3 rings (SSSR count). The molecule has 130 valence electrons. The van der Waals surface area contributed by atoms with Crippen LogP contribution in [0.2, 0.25) is 5.02 Å². The van der Waals surface area contributed by atoms with Crippen molar-refractivity contribution in [3.05, 3.63) is 63.9 Å². The first-order chi connectivity index (χ1) is 12.0. The minimum absolute atomic E-state index is 0.123. The molecule has 0 spiro atoms. The molecule has 1 amide bonds. The Labute approximate surface area is 151 Å². The number of nitrogens with zero attached hydrogens (tertiary/aromatic N) is 2. The van der Waals surface area contributed by atoms with Crippen molar-refractivity contribution in [2.45, 2.75) is 25.7 Å². The summed E-state index contributed by atoms with van der Waals surface area (Å²) in [6.07, 6.45) is 1.78. The summed E-state index contributed by atoms with van der Waals surface area (Å²) in [6, 6.07) is 10.8. The fraction of sp³-hybridized carbons (Fsp3) is 0.316. The van der Waals surface area contributed by atoms with Crippen molar-refractivity contribution >= 4 is 23.5 Å². The molecule has 1 aliphatic rings. The SMILES string of the molecule is Cc1nc(C(=O)N2CCC(c3ccc(Cl)cc3)CC2)ccc1C(=O)O. The predicted octanol–water partition coefficient (Wildman–Crippen LogP) is 3.76. The maximum atomic E-state index is 12.6. The molecule has 1 aromatic heterocycles. The highest BCUT2D eigenvalue weighted by Gasteiger charge is 2.25. The number of carbonyl (C=O) groups excluding carboxylic acids is 1. The van der Waals surface area contributed by atoms with E-state index in [0.717, 1.165) is 17.9 Å². The van der Waals surface area contributed by atoms with E-state index in [2.05, 4.69) is 4.98 Å². The molecule has 0 saturated carbocycles. The number of carboxylic acids is 1. The maximum absolute atomic E-state index is 12.6. The van der Waals surface area contributed by atoms with Crippen molar-refractivity contribution in [1.29, 1.82) is 0 Å². The number of hydrogen-bond donors (Lipinski definition) is 1. The molecule has 0 aliphatic carbocycles. The Balaban J connectivity index is 1.66. The first-order valence-corrected chi connectivity index (χ1v) is 8.59. The molecule has 1 saturated heterocycles. The highest BCUT2D eigenvalue weighted by atomic mass is 35.5. The summed E-state index contributed by atoms with van der Waals surface area (Å²) in [4.78, 5) is 29.6. The predicted molar refractivity (Wildman–Crippen MR) is 95.3 cm³/mol. The third-order valence-electron chi connectivity index (χ3n) is 4.66. The summed E-state index contributed by atoms with van der Waals surface area (Å²) in [5, 5.41) is 9.78. The minimum Gasteiger partial charge on any atom is -0.478 e. The standard InChI is InChI=1S/C19H19ClN2O3/c1-12-16(19(24)25)6-7-17(21-12)18(23)22-10-8-14(9-11-22)13-2-4-15(20)5-3-13/h2-7,14H,8-11H2,1H3,(H,24,25). The van der Waals surface area contributed by atoms with E-state index in [1.54, 1.807) is 11.8 Å². The zero-order valence-corrected chi connectivity index (χ0v) is 14.7. The number of pyridine rings is 1. The number of likely N-dealkylation sites (tertiary alicyclic amines) is 1. The fourth-order valence-corrected chi connectivity index (χ4v) is 3.35. The summed E-state index contributed by atoms with van der Waals surface area (Å²) < 4.78 is 0. The van der Waals surface area contributed by atoms with Crippen LogP contribution in [0.5, 0.6) is 0 Å². The molecule has 2 heterocycles. The zero-order valence-electron chi connectivity index (χ0n) is 13.9. The van der Waals surface area contributed by atoms with Crippen LogP contribution in [-0.2, 0) is 0 Å². The number of aryl methyl sites for hydroxylation is 1. The van der Waals surface area contributed by atoms with Crippen molar-refractivity contribution in [1.82, 2.24) is 9.88 Å². The third kappa shape index (κ3) is 3.82. The summed E-state index contributed by atoms with van der Waals surface area (Å²) in [5.74, 6) is -0.757. The van der Waals surface area contributed by atoms with Gasteiger partial charge in [-0.1, -0.05) is 23.7 Å². The van der Waals surface area contributed by atoms with Gasteiger partial charge in [0.2, 0.25) is 0 Å². The first kappa shape index (κ1) is 17.4. The zero-order chi connectivity index (χ0) is 18.0. The fourth-order valence-electron chi connectivity index (χ4n) is 3.22. The molecule has 1 aliphatic heterocycles. The smallest absolute Gasteiger partial charge is 0.337 e. The van der Waals surface area contributed by atoms with Gasteiger partial charge in [0, 0.05) is 18.1 Å². The van der Waals surface area contributed by atoms with Gasteiger partial charge in [0.25, 0.3) is 5.91 Å². The molecule has 1 aromatic carbocycles. The van der Waals surface area contributed by atoms with E-state index in [4.69, 9.17) is 16.7 Å². The van der Waals surface area contributed by atoms with E-state index in [1.165, 1.54) is 17.7 Å². The third-order valence-corrected chi connectivity index (χ3v) is 4.91. The van der Waals surface area contributed by atoms with Crippen molar-refractivity contribution in [3.8, 4) is 0 Å². The molecule has 2 aromatic rings. The van der Waals surface area contributed by atoms with Crippen LogP contribution in [0.3, 0.4) is 0 Å². The van der Waals surface area contributed by atoms with Crippen molar-refractivity contribution in [2.75, 3.05) is 13.1 Å². The summed E-state index contributed by atoms with van der Waals surface area (Å²) >= 11 is 5.93. The lowest BCUT2D eigenvalue weighted by atomic mass is 9.89.